The maximum absolute atomic E-state index is 5.34. The first-order valence-electron chi connectivity index (χ1n) is 8.79. The van der Waals surface area contributed by atoms with Gasteiger partial charge < -0.3 is 15.0 Å². The second-order valence-electron chi connectivity index (χ2n) is 6.59. The zero-order valence-electron chi connectivity index (χ0n) is 14.3. The smallest absolute Gasteiger partial charge is 0.120 e. The van der Waals surface area contributed by atoms with E-state index < -0.39 is 0 Å². The number of rotatable bonds is 4. The van der Waals surface area contributed by atoms with Crippen molar-refractivity contribution in [3.05, 3.63) is 53.6 Å². The molecule has 0 atom stereocenters. The third-order valence-electron chi connectivity index (χ3n) is 5.12. The minimum absolute atomic E-state index is 0.931. The topological polar surface area (TPSA) is 27.7 Å². The molecule has 0 aromatic heterocycles. The van der Waals surface area contributed by atoms with E-state index >= 15 is 0 Å². The van der Waals surface area contributed by atoms with Crippen LogP contribution in [0.1, 0.15) is 11.1 Å². The third kappa shape index (κ3) is 3.06. The van der Waals surface area contributed by atoms with Crippen LogP contribution in [0.25, 0.3) is 0 Å². The molecule has 1 fully saturated rings. The number of benzene rings is 2. The van der Waals surface area contributed by atoms with E-state index in [9.17, 15) is 0 Å². The summed E-state index contributed by atoms with van der Waals surface area (Å²) in [5, 5.41) is 3.55. The van der Waals surface area contributed by atoms with E-state index in [2.05, 4.69) is 51.5 Å². The number of fused-ring (bicyclic) bond motifs is 1. The first-order chi connectivity index (χ1) is 11.8. The highest BCUT2D eigenvalue weighted by Crippen LogP contribution is 2.28. The van der Waals surface area contributed by atoms with Crippen LogP contribution < -0.4 is 15.0 Å². The lowest BCUT2D eigenvalue weighted by atomic mass is 10.1. The lowest BCUT2D eigenvalue weighted by molar-refractivity contribution is 0.250. The normalized spacial score (nSPS) is 17.5. The minimum atomic E-state index is 0.931. The number of para-hydroxylation sites is 1. The van der Waals surface area contributed by atoms with E-state index in [-0.39, 0.29) is 0 Å². The Balaban J connectivity index is 1.39. The van der Waals surface area contributed by atoms with Gasteiger partial charge in [0.1, 0.15) is 5.75 Å². The van der Waals surface area contributed by atoms with E-state index in [0.717, 1.165) is 51.4 Å². The molecular weight excluding hydrogens is 298 g/mol. The van der Waals surface area contributed by atoms with E-state index in [4.69, 9.17) is 4.74 Å². The van der Waals surface area contributed by atoms with Gasteiger partial charge >= 0.3 is 0 Å². The van der Waals surface area contributed by atoms with Crippen LogP contribution in [-0.2, 0) is 13.0 Å². The SMILES string of the molecule is COc1cccc(N2CCN(Cc3cccc4c3NCC4)CC2)c1. The lowest BCUT2D eigenvalue weighted by Crippen LogP contribution is -2.46. The standard InChI is InChI=1S/C20H25N3O/c1-24-19-7-3-6-18(14-19)23-12-10-22(11-13-23)15-17-5-2-4-16-8-9-21-20(16)17/h2-7,14,21H,8-13,15H2,1H3. The number of hydrogen-bond acceptors (Lipinski definition) is 4. The highest BCUT2D eigenvalue weighted by atomic mass is 16.5. The molecule has 4 heteroatoms. The molecule has 2 aromatic rings. The second-order valence-corrected chi connectivity index (χ2v) is 6.59. The molecule has 0 amide bonds. The van der Waals surface area contributed by atoms with E-state index in [1.54, 1.807) is 7.11 Å². The zero-order valence-corrected chi connectivity index (χ0v) is 14.3. The number of hydrogen-bond donors (Lipinski definition) is 1. The Hall–Kier alpha value is -2.20. The average molecular weight is 323 g/mol. The molecule has 4 rings (SSSR count). The molecule has 2 heterocycles. The Bertz CT molecular complexity index is 708. The van der Waals surface area contributed by atoms with Crippen LogP contribution in [0.2, 0.25) is 0 Å². The summed E-state index contributed by atoms with van der Waals surface area (Å²) in [7, 11) is 1.73. The summed E-state index contributed by atoms with van der Waals surface area (Å²) in [5.41, 5.74) is 5.56. The molecule has 126 valence electrons. The fourth-order valence-electron chi connectivity index (χ4n) is 3.75. The maximum atomic E-state index is 5.34. The molecule has 0 aliphatic carbocycles. The van der Waals surface area contributed by atoms with Gasteiger partial charge in [0.2, 0.25) is 0 Å². The van der Waals surface area contributed by atoms with Crippen LogP contribution in [-0.4, -0.2) is 44.7 Å². The van der Waals surface area contributed by atoms with Gasteiger partial charge in [-0.3, -0.25) is 4.90 Å². The maximum Gasteiger partial charge on any atom is 0.120 e. The van der Waals surface area contributed by atoms with E-state index in [1.165, 1.54) is 22.5 Å². The Labute approximate surface area is 144 Å². The van der Waals surface area contributed by atoms with Gasteiger partial charge in [-0.25, -0.2) is 0 Å². The average Bonchev–Trinajstić information content (AvgIpc) is 3.12. The van der Waals surface area contributed by atoms with E-state index in [1.807, 2.05) is 6.07 Å². The number of anilines is 2. The molecular formula is C20H25N3O. The van der Waals surface area contributed by atoms with Crippen molar-refractivity contribution in [2.24, 2.45) is 0 Å². The van der Waals surface area contributed by atoms with Gasteiger partial charge in [-0.1, -0.05) is 24.3 Å². The number of ether oxygens (including phenoxy) is 1. The Morgan fingerprint density at radius 2 is 1.88 bits per heavy atom. The predicted octanol–water partition coefficient (Wildman–Crippen LogP) is 2.99. The molecule has 2 aromatic carbocycles. The number of methoxy groups -OCH3 is 1. The van der Waals surface area contributed by atoms with Gasteiger partial charge in [-0.15, -0.1) is 0 Å². The molecule has 1 saturated heterocycles. The summed E-state index contributed by atoms with van der Waals surface area (Å²) in [6, 6.07) is 15.1. The summed E-state index contributed by atoms with van der Waals surface area (Å²) in [4.78, 5) is 5.01. The number of piperazine rings is 1. The van der Waals surface area contributed by atoms with Crippen LogP contribution in [0.4, 0.5) is 11.4 Å². The molecule has 0 unspecified atom stereocenters. The van der Waals surface area contributed by atoms with Gasteiger partial charge in [0, 0.05) is 56.7 Å². The van der Waals surface area contributed by atoms with Gasteiger partial charge in [0.05, 0.1) is 7.11 Å². The molecule has 2 aliphatic heterocycles. The quantitative estimate of drug-likeness (QED) is 0.936. The first kappa shape index (κ1) is 15.3. The van der Waals surface area contributed by atoms with Crippen molar-refractivity contribution in [2.75, 3.05) is 50.1 Å². The predicted molar refractivity (Wildman–Crippen MR) is 99.1 cm³/mol. The summed E-state index contributed by atoms with van der Waals surface area (Å²) in [5.74, 6) is 0.931. The van der Waals surface area contributed by atoms with Crippen molar-refractivity contribution < 1.29 is 4.74 Å². The molecule has 2 aliphatic rings. The molecule has 1 N–H and O–H groups in total. The van der Waals surface area contributed by atoms with Crippen LogP contribution in [0.15, 0.2) is 42.5 Å². The largest absolute Gasteiger partial charge is 0.497 e. The van der Waals surface area contributed by atoms with Crippen LogP contribution in [0.5, 0.6) is 5.75 Å². The van der Waals surface area contributed by atoms with Crippen molar-refractivity contribution in [3.8, 4) is 5.75 Å². The lowest BCUT2D eigenvalue weighted by Gasteiger charge is -2.36. The number of nitrogens with zero attached hydrogens (tertiary/aromatic N) is 2. The molecule has 4 nitrogen and oxygen atoms in total. The third-order valence-corrected chi connectivity index (χ3v) is 5.12. The molecule has 24 heavy (non-hydrogen) atoms. The molecule has 0 spiro atoms. The molecule has 0 radical (unpaired) electrons. The van der Waals surface area contributed by atoms with Crippen LogP contribution in [0, 0.1) is 0 Å². The van der Waals surface area contributed by atoms with Crippen LogP contribution >= 0.6 is 0 Å². The monoisotopic (exact) mass is 323 g/mol. The highest BCUT2D eigenvalue weighted by molar-refractivity contribution is 5.61. The summed E-state index contributed by atoms with van der Waals surface area (Å²) < 4.78 is 5.34. The van der Waals surface area contributed by atoms with Gasteiger partial charge in [0.15, 0.2) is 0 Å². The van der Waals surface area contributed by atoms with Gasteiger partial charge in [-0.05, 0) is 29.7 Å². The second kappa shape index (κ2) is 6.73. The first-order valence-corrected chi connectivity index (χ1v) is 8.79. The molecule has 0 saturated carbocycles. The van der Waals surface area contributed by atoms with Crippen molar-refractivity contribution in [2.45, 2.75) is 13.0 Å². The fourth-order valence-corrected chi connectivity index (χ4v) is 3.75. The Morgan fingerprint density at radius 3 is 2.71 bits per heavy atom. The summed E-state index contributed by atoms with van der Waals surface area (Å²) >= 11 is 0. The van der Waals surface area contributed by atoms with E-state index in [0.29, 0.717) is 0 Å². The van der Waals surface area contributed by atoms with Crippen LogP contribution in [0.3, 0.4) is 0 Å². The fraction of sp³-hybridized carbons (Fsp3) is 0.400. The molecule has 0 bridgehead atoms. The summed E-state index contributed by atoms with van der Waals surface area (Å²) in [6.45, 7) is 6.45. The number of nitrogens with one attached hydrogen (secondary N) is 1. The minimum Gasteiger partial charge on any atom is -0.497 e. The highest BCUT2D eigenvalue weighted by Gasteiger charge is 2.20. The Kier molecular flexibility index (Phi) is 4.30. The van der Waals surface area contributed by atoms with Crippen molar-refractivity contribution in [1.82, 2.24) is 4.90 Å². The zero-order chi connectivity index (χ0) is 16.4. The summed E-state index contributed by atoms with van der Waals surface area (Å²) in [6.07, 6.45) is 1.16. The Morgan fingerprint density at radius 1 is 1.04 bits per heavy atom. The van der Waals surface area contributed by atoms with Crippen molar-refractivity contribution in [1.29, 1.82) is 0 Å². The van der Waals surface area contributed by atoms with Crippen molar-refractivity contribution >= 4 is 11.4 Å². The van der Waals surface area contributed by atoms with Crippen molar-refractivity contribution in [3.63, 3.8) is 0 Å². The van der Waals surface area contributed by atoms with Gasteiger partial charge in [0.25, 0.3) is 0 Å². The van der Waals surface area contributed by atoms with Gasteiger partial charge in [-0.2, -0.15) is 0 Å².